The molecule has 1 aliphatic carbocycles. The summed E-state index contributed by atoms with van der Waals surface area (Å²) in [5.41, 5.74) is 5.70. The lowest BCUT2D eigenvalue weighted by atomic mass is 9.83. The zero-order chi connectivity index (χ0) is 12.3. The van der Waals surface area contributed by atoms with Crippen molar-refractivity contribution in [3.8, 4) is 0 Å². The van der Waals surface area contributed by atoms with E-state index in [0.29, 0.717) is 12.3 Å². The predicted molar refractivity (Wildman–Crippen MR) is 71.4 cm³/mol. The molecule has 3 nitrogen and oxygen atoms in total. The van der Waals surface area contributed by atoms with Gasteiger partial charge in [0.15, 0.2) is 0 Å². The van der Waals surface area contributed by atoms with Crippen molar-refractivity contribution in [2.24, 2.45) is 5.73 Å². The molecule has 0 radical (unpaired) electrons. The summed E-state index contributed by atoms with van der Waals surface area (Å²) in [5.74, 6) is 0.681. The maximum Gasteiger partial charge on any atom is 0.0699 e. The molecule has 1 aliphatic heterocycles. The van der Waals surface area contributed by atoms with Crippen LogP contribution in [0.3, 0.4) is 0 Å². The minimum absolute atomic E-state index is 0.0986. The van der Waals surface area contributed by atoms with Crippen molar-refractivity contribution in [1.29, 1.82) is 0 Å². The van der Waals surface area contributed by atoms with Crippen LogP contribution < -0.4 is 5.73 Å². The molecule has 1 saturated carbocycles. The van der Waals surface area contributed by atoms with Gasteiger partial charge in [-0.2, -0.15) is 0 Å². The molecule has 0 aromatic carbocycles. The summed E-state index contributed by atoms with van der Waals surface area (Å²) in [6, 6.07) is 0. The fourth-order valence-electron chi connectivity index (χ4n) is 3.03. The van der Waals surface area contributed by atoms with E-state index in [9.17, 15) is 4.21 Å². The minimum Gasteiger partial charge on any atom is -0.371 e. The van der Waals surface area contributed by atoms with Gasteiger partial charge in [-0.15, -0.1) is 0 Å². The Morgan fingerprint density at radius 2 is 2.06 bits per heavy atom. The van der Waals surface area contributed by atoms with Gasteiger partial charge in [-0.1, -0.05) is 19.3 Å². The van der Waals surface area contributed by atoms with Gasteiger partial charge in [0.05, 0.1) is 17.5 Å². The Labute approximate surface area is 107 Å². The molecule has 0 amide bonds. The molecule has 4 heteroatoms. The van der Waals surface area contributed by atoms with Gasteiger partial charge < -0.3 is 10.5 Å². The minimum atomic E-state index is -0.826. The van der Waals surface area contributed by atoms with Crippen molar-refractivity contribution >= 4 is 10.8 Å². The Hall–Kier alpha value is 0.0700. The maximum absolute atomic E-state index is 12.0. The van der Waals surface area contributed by atoms with Crippen molar-refractivity contribution in [2.45, 2.75) is 68.8 Å². The van der Waals surface area contributed by atoms with Gasteiger partial charge in [-0.3, -0.25) is 4.21 Å². The van der Waals surface area contributed by atoms with E-state index in [-0.39, 0.29) is 17.0 Å². The Kier molecular flexibility index (Phi) is 4.61. The number of rotatable bonds is 4. The molecule has 1 spiro atoms. The highest BCUT2D eigenvalue weighted by atomic mass is 32.2. The topological polar surface area (TPSA) is 52.3 Å². The van der Waals surface area contributed by atoms with Crippen LogP contribution in [0.1, 0.15) is 51.9 Å². The highest BCUT2D eigenvalue weighted by molar-refractivity contribution is 7.85. The first-order chi connectivity index (χ1) is 8.15. The second-order valence-electron chi connectivity index (χ2n) is 5.62. The van der Waals surface area contributed by atoms with E-state index in [4.69, 9.17) is 10.5 Å². The number of nitrogens with two attached hydrogens (primary N) is 1. The van der Waals surface area contributed by atoms with Crippen LogP contribution in [0.2, 0.25) is 0 Å². The fraction of sp³-hybridized carbons (Fsp3) is 1.00. The number of hydrogen-bond acceptors (Lipinski definition) is 3. The van der Waals surface area contributed by atoms with Crippen LogP contribution in [-0.4, -0.2) is 33.5 Å². The van der Waals surface area contributed by atoms with Crippen LogP contribution in [0, 0.1) is 0 Å². The number of ether oxygens (including phenoxy) is 1. The summed E-state index contributed by atoms with van der Waals surface area (Å²) < 4.78 is 18.2. The van der Waals surface area contributed by atoms with Crippen LogP contribution in [0.4, 0.5) is 0 Å². The normalized spacial score (nSPS) is 31.5. The Morgan fingerprint density at radius 1 is 1.35 bits per heavy atom. The second kappa shape index (κ2) is 5.81. The Balaban J connectivity index is 1.83. The molecular weight excluding hydrogens is 234 g/mol. The van der Waals surface area contributed by atoms with Crippen LogP contribution in [-0.2, 0) is 15.5 Å². The summed E-state index contributed by atoms with van der Waals surface area (Å²) in [6.07, 6.45) is 8.85. The van der Waals surface area contributed by atoms with Gasteiger partial charge in [-0.25, -0.2) is 0 Å². The van der Waals surface area contributed by atoms with Crippen molar-refractivity contribution < 1.29 is 8.95 Å². The van der Waals surface area contributed by atoms with Crippen molar-refractivity contribution in [3.05, 3.63) is 0 Å². The quantitative estimate of drug-likeness (QED) is 0.839. The molecule has 3 unspecified atom stereocenters. The van der Waals surface area contributed by atoms with E-state index >= 15 is 0 Å². The van der Waals surface area contributed by atoms with Gasteiger partial charge in [-0.05, 0) is 32.6 Å². The molecular formula is C13H25NO2S. The summed E-state index contributed by atoms with van der Waals surface area (Å²) in [7, 11) is -0.826. The van der Waals surface area contributed by atoms with Crippen LogP contribution in [0.5, 0.6) is 0 Å². The molecule has 0 bridgehead atoms. The maximum atomic E-state index is 12.0. The summed E-state index contributed by atoms with van der Waals surface area (Å²) >= 11 is 0. The third-order valence-corrected chi connectivity index (χ3v) is 6.02. The predicted octanol–water partition coefficient (Wildman–Crippen LogP) is 1.96. The zero-order valence-electron chi connectivity index (χ0n) is 10.8. The summed E-state index contributed by atoms with van der Waals surface area (Å²) in [4.78, 5) is 0. The average Bonchev–Trinajstić information content (AvgIpc) is 2.72. The van der Waals surface area contributed by atoms with Gasteiger partial charge in [0.25, 0.3) is 0 Å². The molecule has 3 atom stereocenters. The standard InChI is InChI=1S/C13H25NO2S/c1-11(9-14)17(15)10-12-5-8-13(16-12)6-3-2-4-7-13/h11-12H,2-10,14H2,1H3. The molecule has 2 aliphatic rings. The molecule has 100 valence electrons. The van der Waals surface area contributed by atoms with Crippen molar-refractivity contribution in [3.63, 3.8) is 0 Å². The average molecular weight is 259 g/mol. The van der Waals surface area contributed by atoms with E-state index in [1.807, 2.05) is 6.92 Å². The van der Waals surface area contributed by atoms with E-state index in [1.165, 1.54) is 38.5 Å². The summed E-state index contributed by atoms with van der Waals surface area (Å²) in [5, 5.41) is 0.0986. The van der Waals surface area contributed by atoms with E-state index < -0.39 is 10.8 Å². The highest BCUT2D eigenvalue weighted by Gasteiger charge is 2.41. The van der Waals surface area contributed by atoms with Gasteiger partial charge >= 0.3 is 0 Å². The summed E-state index contributed by atoms with van der Waals surface area (Å²) in [6.45, 7) is 2.46. The fourth-order valence-corrected chi connectivity index (χ4v) is 4.18. The first-order valence-electron chi connectivity index (χ1n) is 6.90. The number of hydrogen-bond donors (Lipinski definition) is 1. The third kappa shape index (κ3) is 3.30. The van der Waals surface area contributed by atoms with Crippen molar-refractivity contribution in [2.75, 3.05) is 12.3 Å². The van der Waals surface area contributed by atoms with Crippen LogP contribution in [0.15, 0.2) is 0 Å². The Morgan fingerprint density at radius 3 is 2.71 bits per heavy atom. The molecule has 2 fully saturated rings. The molecule has 1 saturated heterocycles. The third-order valence-electron chi connectivity index (χ3n) is 4.23. The smallest absolute Gasteiger partial charge is 0.0699 e. The molecule has 2 rings (SSSR count). The van der Waals surface area contributed by atoms with Crippen molar-refractivity contribution in [1.82, 2.24) is 0 Å². The lowest BCUT2D eigenvalue weighted by Crippen LogP contribution is -2.34. The zero-order valence-corrected chi connectivity index (χ0v) is 11.6. The SMILES string of the molecule is CC(CN)S(=O)CC1CCC2(CCCCC2)O1. The molecule has 0 aromatic heterocycles. The van der Waals surface area contributed by atoms with E-state index in [0.717, 1.165) is 6.42 Å². The van der Waals surface area contributed by atoms with Crippen LogP contribution >= 0.6 is 0 Å². The molecule has 17 heavy (non-hydrogen) atoms. The van der Waals surface area contributed by atoms with Gasteiger partial charge in [0, 0.05) is 22.6 Å². The Bertz CT molecular complexity index is 277. The van der Waals surface area contributed by atoms with E-state index in [1.54, 1.807) is 0 Å². The van der Waals surface area contributed by atoms with Gasteiger partial charge in [0.1, 0.15) is 0 Å². The van der Waals surface area contributed by atoms with Gasteiger partial charge in [0.2, 0.25) is 0 Å². The highest BCUT2D eigenvalue weighted by Crippen LogP contribution is 2.42. The second-order valence-corrected chi connectivity index (χ2v) is 7.52. The molecule has 0 aromatic rings. The first kappa shape index (κ1) is 13.5. The lowest BCUT2D eigenvalue weighted by molar-refractivity contribution is -0.0558. The molecule has 1 heterocycles. The van der Waals surface area contributed by atoms with E-state index in [2.05, 4.69) is 0 Å². The largest absolute Gasteiger partial charge is 0.371 e. The monoisotopic (exact) mass is 259 g/mol. The molecule has 2 N–H and O–H groups in total. The lowest BCUT2D eigenvalue weighted by Gasteiger charge is -2.33. The first-order valence-corrected chi connectivity index (χ1v) is 8.28. The van der Waals surface area contributed by atoms with Crippen LogP contribution in [0.25, 0.3) is 0 Å².